The number of ether oxygens (including phenoxy) is 1. The van der Waals surface area contributed by atoms with Crippen LogP contribution >= 0.6 is 0 Å². The van der Waals surface area contributed by atoms with Crippen LogP contribution < -0.4 is 5.63 Å². The Morgan fingerprint density at radius 3 is 2.80 bits per heavy atom. The third-order valence-corrected chi connectivity index (χ3v) is 3.96. The molecule has 0 aliphatic rings. The molecule has 0 saturated heterocycles. The molecule has 130 valence electrons. The summed E-state index contributed by atoms with van der Waals surface area (Å²) in [4.78, 5) is 23.6. The second-order valence-corrected chi connectivity index (χ2v) is 5.73. The number of fused-ring (bicyclic) bond motifs is 1. The summed E-state index contributed by atoms with van der Waals surface area (Å²) in [6, 6.07) is 5.71. The fourth-order valence-corrected chi connectivity index (χ4v) is 2.65. The molecule has 0 aliphatic heterocycles. The molecule has 7 nitrogen and oxygen atoms in total. The van der Waals surface area contributed by atoms with Crippen LogP contribution in [0, 0.1) is 13.8 Å². The van der Waals surface area contributed by atoms with Gasteiger partial charge in [0, 0.05) is 35.1 Å². The third-order valence-electron chi connectivity index (χ3n) is 3.96. The fourth-order valence-electron chi connectivity index (χ4n) is 2.65. The van der Waals surface area contributed by atoms with E-state index in [1.165, 1.54) is 18.2 Å². The molecule has 0 spiro atoms. The highest BCUT2D eigenvalue weighted by atomic mass is 16.5. The molecule has 0 unspecified atom stereocenters. The number of hydrogen-bond donors (Lipinski definition) is 1. The van der Waals surface area contributed by atoms with Crippen LogP contribution in [0.15, 0.2) is 38.0 Å². The number of aromatic hydroxyl groups is 1. The zero-order chi connectivity index (χ0) is 18.0. The van der Waals surface area contributed by atoms with Crippen molar-refractivity contribution < 1.29 is 23.6 Å². The van der Waals surface area contributed by atoms with E-state index in [2.05, 4.69) is 5.16 Å². The van der Waals surface area contributed by atoms with Gasteiger partial charge in [-0.15, -0.1) is 0 Å². The first-order valence-corrected chi connectivity index (χ1v) is 7.77. The van der Waals surface area contributed by atoms with Crippen molar-refractivity contribution in [2.45, 2.75) is 33.3 Å². The van der Waals surface area contributed by atoms with Crippen LogP contribution in [0.4, 0.5) is 0 Å². The number of phenolic OH excluding ortho intramolecular Hbond substituents is 1. The van der Waals surface area contributed by atoms with Gasteiger partial charge in [0.15, 0.2) is 0 Å². The quantitative estimate of drug-likeness (QED) is 0.561. The van der Waals surface area contributed by atoms with E-state index in [0.29, 0.717) is 23.1 Å². The van der Waals surface area contributed by atoms with Crippen molar-refractivity contribution in [3.63, 3.8) is 0 Å². The first-order valence-electron chi connectivity index (χ1n) is 7.77. The number of hydrogen-bond acceptors (Lipinski definition) is 7. The molecule has 0 atom stereocenters. The number of nitrogens with zero attached hydrogens (tertiary/aromatic N) is 1. The van der Waals surface area contributed by atoms with E-state index in [1.807, 2.05) is 6.92 Å². The number of carbonyl (C=O) groups excluding carboxylic acids is 1. The smallest absolute Gasteiger partial charge is 0.336 e. The normalized spacial score (nSPS) is 11.0. The van der Waals surface area contributed by atoms with Gasteiger partial charge in [-0.05, 0) is 32.4 Å². The molecule has 1 N–H and O–H groups in total. The van der Waals surface area contributed by atoms with Crippen molar-refractivity contribution in [2.24, 2.45) is 0 Å². The lowest BCUT2D eigenvalue weighted by Gasteiger charge is -2.07. The number of carbonyl (C=O) groups is 1. The summed E-state index contributed by atoms with van der Waals surface area (Å²) in [5.74, 6) is 0.293. The lowest BCUT2D eigenvalue weighted by atomic mass is 10.1. The first kappa shape index (κ1) is 16.8. The van der Waals surface area contributed by atoms with E-state index in [-0.39, 0.29) is 30.3 Å². The second-order valence-electron chi connectivity index (χ2n) is 5.73. The van der Waals surface area contributed by atoms with Crippen molar-refractivity contribution in [1.29, 1.82) is 0 Å². The maximum Gasteiger partial charge on any atom is 0.336 e. The monoisotopic (exact) mass is 343 g/mol. The fraction of sp³-hybridized carbons (Fsp3) is 0.278. The van der Waals surface area contributed by atoms with E-state index >= 15 is 0 Å². The predicted molar refractivity (Wildman–Crippen MR) is 88.2 cm³/mol. The number of benzene rings is 1. The first-order chi connectivity index (χ1) is 11.9. The van der Waals surface area contributed by atoms with Crippen molar-refractivity contribution >= 4 is 16.9 Å². The van der Waals surface area contributed by atoms with Gasteiger partial charge in [0.25, 0.3) is 0 Å². The molecule has 0 amide bonds. The molecule has 1 aromatic carbocycles. The van der Waals surface area contributed by atoms with Crippen molar-refractivity contribution in [1.82, 2.24) is 5.16 Å². The van der Waals surface area contributed by atoms with Crippen molar-refractivity contribution in [2.75, 3.05) is 0 Å². The van der Waals surface area contributed by atoms with Crippen LogP contribution in [0.25, 0.3) is 11.0 Å². The van der Waals surface area contributed by atoms with Gasteiger partial charge in [-0.2, -0.15) is 0 Å². The summed E-state index contributed by atoms with van der Waals surface area (Å²) in [5, 5.41) is 13.9. The predicted octanol–water partition coefficient (Wildman–Crippen LogP) is 2.78. The Labute approximate surface area is 142 Å². The van der Waals surface area contributed by atoms with Gasteiger partial charge in [-0.1, -0.05) is 5.16 Å². The number of aryl methyl sites for hydroxylation is 2. The summed E-state index contributed by atoms with van der Waals surface area (Å²) >= 11 is 0. The molecule has 3 rings (SSSR count). The molecule has 0 saturated carbocycles. The lowest BCUT2D eigenvalue weighted by molar-refractivity contribution is -0.144. The average Bonchev–Trinajstić information content (AvgIpc) is 2.88. The Kier molecular flexibility index (Phi) is 4.56. The van der Waals surface area contributed by atoms with E-state index in [4.69, 9.17) is 13.7 Å². The van der Waals surface area contributed by atoms with E-state index in [1.54, 1.807) is 13.0 Å². The number of esters is 1. The molecule has 7 heteroatoms. The van der Waals surface area contributed by atoms with Crippen molar-refractivity contribution in [3.8, 4) is 5.75 Å². The van der Waals surface area contributed by atoms with Crippen LogP contribution in [0.5, 0.6) is 5.75 Å². The van der Waals surface area contributed by atoms with Crippen LogP contribution in [-0.4, -0.2) is 16.2 Å². The van der Waals surface area contributed by atoms with Crippen LogP contribution in [0.1, 0.15) is 29.0 Å². The maximum atomic E-state index is 12.0. The van der Waals surface area contributed by atoms with E-state index in [9.17, 15) is 14.7 Å². The van der Waals surface area contributed by atoms with Gasteiger partial charge in [0.2, 0.25) is 0 Å². The molecule has 0 radical (unpaired) electrons. The Hall–Kier alpha value is -3.09. The lowest BCUT2D eigenvalue weighted by Crippen LogP contribution is -2.08. The van der Waals surface area contributed by atoms with Crippen LogP contribution in [0.2, 0.25) is 0 Å². The number of aromatic nitrogens is 1. The standard InChI is InChI=1S/C18H17NO6/c1-10-14(11(2)25-19-10)5-6-17(21)23-9-12-7-18(22)24-16-8-13(20)3-4-15(12)16/h3-4,7-8,20H,5-6,9H2,1-2H3. The van der Waals surface area contributed by atoms with Crippen molar-refractivity contribution in [3.05, 3.63) is 57.3 Å². The Bertz CT molecular complexity index is 965. The molecular weight excluding hydrogens is 326 g/mol. The molecule has 0 aliphatic carbocycles. The van der Waals surface area contributed by atoms with Gasteiger partial charge >= 0.3 is 11.6 Å². The summed E-state index contributed by atoms with van der Waals surface area (Å²) in [6.45, 7) is 3.57. The maximum absolute atomic E-state index is 12.0. The highest BCUT2D eigenvalue weighted by molar-refractivity contribution is 5.81. The minimum absolute atomic E-state index is 0.00995. The Morgan fingerprint density at radius 1 is 1.28 bits per heavy atom. The minimum Gasteiger partial charge on any atom is -0.508 e. The van der Waals surface area contributed by atoms with Gasteiger partial charge in [0.05, 0.1) is 5.69 Å². The van der Waals surface area contributed by atoms with Gasteiger partial charge in [-0.25, -0.2) is 4.79 Å². The number of rotatable bonds is 5. The SMILES string of the molecule is Cc1noc(C)c1CCC(=O)OCc1cc(=O)oc2cc(O)ccc12. The summed E-state index contributed by atoms with van der Waals surface area (Å²) in [5.41, 5.74) is 1.86. The van der Waals surface area contributed by atoms with Gasteiger partial charge in [-0.3, -0.25) is 4.79 Å². The molecule has 0 fully saturated rings. The summed E-state index contributed by atoms with van der Waals surface area (Å²) in [6.07, 6.45) is 0.661. The van der Waals surface area contributed by atoms with Crippen LogP contribution in [-0.2, 0) is 22.6 Å². The summed E-state index contributed by atoms with van der Waals surface area (Å²) < 4.78 is 15.4. The summed E-state index contributed by atoms with van der Waals surface area (Å²) in [7, 11) is 0. The average molecular weight is 343 g/mol. The third kappa shape index (κ3) is 3.71. The molecule has 2 aromatic heterocycles. The van der Waals surface area contributed by atoms with E-state index < -0.39 is 5.63 Å². The molecule has 2 heterocycles. The largest absolute Gasteiger partial charge is 0.508 e. The second kappa shape index (κ2) is 6.80. The topological polar surface area (TPSA) is 103 Å². The zero-order valence-electron chi connectivity index (χ0n) is 13.9. The Balaban J connectivity index is 1.68. The Morgan fingerprint density at radius 2 is 2.08 bits per heavy atom. The zero-order valence-corrected chi connectivity index (χ0v) is 13.9. The molecule has 0 bridgehead atoms. The highest BCUT2D eigenvalue weighted by Crippen LogP contribution is 2.22. The molecule has 3 aromatic rings. The van der Waals surface area contributed by atoms with Crippen LogP contribution in [0.3, 0.4) is 0 Å². The molecule has 25 heavy (non-hydrogen) atoms. The minimum atomic E-state index is -0.570. The highest BCUT2D eigenvalue weighted by Gasteiger charge is 2.13. The number of phenols is 1. The molecular formula is C18H17NO6. The van der Waals surface area contributed by atoms with E-state index in [0.717, 1.165) is 11.3 Å². The van der Waals surface area contributed by atoms with Gasteiger partial charge in [0.1, 0.15) is 23.7 Å². The van der Waals surface area contributed by atoms with Gasteiger partial charge < -0.3 is 18.8 Å².